The number of hydrogen-bond donors (Lipinski definition) is 3. The van der Waals surface area contributed by atoms with Gasteiger partial charge in [-0.15, -0.1) is 0 Å². The fourth-order valence-corrected chi connectivity index (χ4v) is 0.960. The number of carboxylic acids is 2. The SMILES string of the molecule is O=C(O)C(=O)O.O=CC(=O)N1CCNCC1. The molecule has 0 radical (unpaired) electrons. The van der Waals surface area contributed by atoms with Crippen molar-refractivity contribution in [3.8, 4) is 0 Å². The highest BCUT2D eigenvalue weighted by Gasteiger charge is 2.13. The minimum absolute atomic E-state index is 0.366. The molecule has 0 spiro atoms. The summed E-state index contributed by atoms with van der Waals surface area (Å²) in [5.41, 5.74) is 0. The van der Waals surface area contributed by atoms with Crippen molar-refractivity contribution in [2.45, 2.75) is 0 Å². The van der Waals surface area contributed by atoms with Gasteiger partial charge in [-0.25, -0.2) is 9.59 Å². The molecule has 0 bridgehead atoms. The first-order valence-corrected chi connectivity index (χ1v) is 4.40. The summed E-state index contributed by atoms with van der Waals surface area (Å²) in [7, 11) is 0. The molecule has 1 amide bonds. The van der Waals surface area contributed by atoms with Crippen LogP contribution < -0.4 is 5.32 Å². The summed E-state index contributed by atoms with van der Waals surface area (Å²) in [6, 6.07) is 0. The maximum Gasteiger partial charge on any atom is 0.414 e. The molecule has 0 aromatic rings. The normalized spacial score (nSPS) is 14.4. The average Bonchev–Trinajstić information content (AvgIpc) is 2.30. The highest BCUT2D eigenvalue weighted by atomic mass is 16.4. The zero-order valence-electron chi connectivity index (χ0n) is 8.38. The van der Waals surface area contributed by atoms with Gasteiger partial charge in [0.25, 0.3) is 5.91 Å². The van der Waals surface area contributed by atoms with Crippen LogP contribution in [0.2, 0.25) is 0 Å². The number of carbonyl (C=O) groups is 4. The number of nitrogens with zero attached hydrogens (tertiary/aromatic N) is 1. The summed E-state index contributed by atoms with van der Waals surface area (Å²) < 4.78 is 0. The smallest absolute Gasteiger partial charge is 0.414 e. The Kier molecular flexibility index (Phi) is 6.45. The van der Waals surface area contributed by atoms with Gasteiger partial charge in [-0.2, -0.15) is 0 Å². The van der Waals surface area contributed by atoms with E-state index in [0.29, 0.717) is 19.4 Å². The van der Waals surface area contributed by atoms with E-state index in [2.05, 4.69) is 5.32 Å². The Labute approximate surface area is 90.8 Å². The predicted octanol–water partition coefficient (Wildman–Crippen LogP) is -2.23. The van der Waals surface area contributed by atoms with Crippen LogP contribution in [0.1, 0.15) is 0 Å². The fourth-order valence-electron chi connectivity index (χ4n) is 0.960. The molecule has 8 nitrogen and oxygen atoms in total. The van der Waals surface area contributed by atoms with Crippen molar-refractivity contribution in [2.75, 3.05) is 26.2 Å². The first kappa shape index (κ1) is 14.0. The van der Waals surface area contributed by atoms with Gasteiger partial charge in [-0.05, 0) is 0 Å². The monoisotopic (exact) mass is 232 g/mol. The van der Waals surface area contributed by atoms with E-state index in [1.165, 1.54) is 0 Å². The molecule has 1 saturated heterocycles. The molecule has 90 valence electrons. The summed E-state index contributed by atoms with van der Waals surface area (Å²) >= 11 is 0. The van der Waals surface area contributed by atoms with Gasteiger partial charge >= 0.3 is 11.9 Å². The Bertz CT molecular complexity index is 272. The molecule has 3 N–H and O–H groups in total. The Morgan fingerprint density at radius 1 is 1.06 bits per heavy atom. The number of rotatable bonds is 1. The highest BCUT2D eigenvalue weighted by molar-refractivity contribution is 6.27. The van der Waals surface area contributed by atoms with Crippen LogP contribution in [-0.4, -0.2) is 65.4 Å². The minimum atomic E-state index is -1.82. The topological polar surface area (TPSA) is 124 Å². The van der Waals surface area contributed by atoms with Crippen LogP contribution in [0, 0.1) is 0 Å². The molecule has 1 fully saturated rings. The lowest BCUT2D eigenvalue weighted by Crippen LogP contribution is -2.46. The summed E-state index contributed by atoms with van der Waals surface area (Å²) in [6.45, 7) is 2.88. The average molecular weight is 232 g/mol. The lowest BCUT2D eigenvalue weighted by atomic mass is 10.3. The maximum absolute atomic E-state index is 10.7. The van der Waals surface area contributed by atoms with E-state index in [1.807, 2.05) is 0 Å². The molecule has 1 aliphatic heterocycles. The second kappa shape index (κ2) is 7.35. The number of nitrogens with one attached hydrogen (secondary N) is 1. The third-order valence-electron chi connectivity index (χ3n) is 1.71. The van der Waals surface area contributed by atoms with E-state index in [4.69, 9.17) is 19.8 Å². The van der Waals surface area contributed by atoms with Crippen LogP contribution in [0.15, 0.2) is 0 Å². The minimum Gasteiger partial charge on any atom is -0.473 e. The van der Waals surface area contributed by atoms with Gasteiger partial charge in [0.1, 0.15) is 0 Å². The maximum atomic E-state index is 10.7. The molecular weight excluding hydrogens is 220 g/mol. The van der Waals surface area contributed by atoms with Crippen molar-refractivity contribution in [1.29, 1.82) is 0 Å². The number of aliphatic carboxylic acids is 2. The van der Waals surface area contributed by atoms with Crippen molar-refractivity contribution >= 4 is 24.1 Å². The quantitative estimate of drug-likeness (QED) is 0.345. The summed E-state index contributed by atoms with van der Waals surface area (Å²) in [6.07, 6.45) is 0.366. The zero-order chi connectivity index (χ0) is 12.6. The van der Waals surface area contributed by atoms with Crippen LogP contribution in [0.5, 0.6) is 0 Å². The second-order valence-electron chi connectivity index (χ2n) is 2.80. The Balaban J connectivity index is 0.000000325. The van der Waals surface area contributed by atoms with Crippen molar-refractivity contribution in [3.63, 3.8) is 0 Å². The van der Waals surface area contributed by atoms with Crippen molar-refractivity contribution < 1.29 is 29.4 Å². The molecule has 0 atom stereocenters. The number of piperazine rings is 1. The Hall–Kier alpha value is -1.96. The first-order valence-electron chi connectivity index (χ1n) is 4.40. The number of amides is 1. The Morgan fingerprint density at radius 3 is 1.81 bits per heavy atom. The highest BCUT2D eigenvalue weighted by Crippen LogP contribution is 1.89. The van der Waals surface area contributed by atoms with Gasteiger partial charge in [0.05, 0.1) is 0 Å². The van der Waals surface area contributed by atoms with E-state index < -0.39 is 17.8 Å². The van der Waals surface area contributed by atoms with Crippen molar-refractivity contribution in [1.82, 2.24) is 10.2 Å². The second-order valence-corrected chi connectivity index (χ2v) is 2.80. The third kappa shape index (κ3) is 5.70. The van der Waals surface area contributed by atoms with Gasteiger partial charge in [-0.3, -0.25) is 9.59 Å². The lowest BCUT2D eigenvalue weighted by molar-refractivity contribution is -0.159. The number of aldehydes is 1. The molecule has 0 unspecified atom stereocenters. The first-order chi connectivity index (χ1) is 7.49. The Morgan fingerprint density at radius 2 is 1.50 bits per heavy atom. The largest absolute Gasteiger partial charge is 0.473 e. The number of carbonyl (C=O) groups excluding carboxylic acids is 2. The molecule has 0 aliphatic carbocycles. The summed E-state index contributed by atoms with van der Waals surface area (Å²) in [5, 5.41) is 17.9. The molecule has 8 heteroatoms. The lowest BCUT2D eigenvalue weighted by Gasteiger charge is -2.25. The van der Waals surface area contributed by atoms with Crippen LogP contribution in [0.3, 0.4) is 0 Å². The van der Waals surface area contributed by atoms with Crippen molar-refractivity contribution in [3.05, 3.63) is 0 Å². The standard InChI is InChI=1S/C6H10N2O2.C2H2O4/c9-5-6(10)8-3-1-7-2-4-8;3-1(4)2(5)6/h5,7H,1-4H2;(H,3,4)(H,5,6). The van der Waals surface area contributed by atoms with Crippen LogP contribution in [0.25, 0.3) is 0 Å². The molecule has 0 saturated carbocycles. The number of carboxylic acid groups (broad SMARTS) is 2. The van der Waals surface area contributed by atoms with Crippen LogP contribution >= 0.6 is 0 Å². The van der Waals surface area contributed by atoms with Gasteiger partial charge in [0, 0.05) is 26.2 Å². The van der Waals surface area contributed by atoms with Crippen molar-refractivity contribution in [2.24, 2.45) is 0 Å². The molecule has 1 heterocycles. The fraction of sp³-hybridized carbons (Fsp3) is 0.500. The van der Waals surface area contributed by atoms with E-state index in [0.717, 1.165) is 13.1 Å². The molecular formula is C8H12N2O6. The zero-order valence-corrected chi connectivity index (χ0v) is 8.38. The molecule has 0 aromatic heterocycles. The van der Waals surface area contributed by atoms with Gasteiger partial charge < -0.3 is 20.4 Å². The molecule has 16 heavy (non-hydrogen) atoms. The van der Waals surface area contributed by atoms with Gasteiger partial charge in [0.15, 0.2) is 0 Å². The number of hydrogen-bond acceptors (Lipinski definition) is 5. The predicted molar refractivity (Wildman–Crippen MR) is 50.8 cm³/mol. The molecule has 1 rings (SSSR count). The van der Waals surface area contributed by atoms with E-state index >= 15 is 0 Å². The van der Waals surface area contributed by atoms with E-state index in [1.54, 1.807) is 4.90 Å². The van der Waals surface area contributed by atoms with Crippen LogP contribution in [0.4, 0.5) is 0 Å². The summed E-state index contributed by atoms with van der Waals surface area (Å²) in [4.78, 5) is 40.4. The van der Waals surface area contributed by atoms with Crippen LogP contribution in [-0.2, 0) is 19.2 Å². The molecule has 0 aromatic carbocycles. The van der Waals surface area contributed by atoms with Gasteiger partial charge in [-0.1, -0.05) is 0 Å². The summed E-state index contributed by atoms with van der Waals surface area (Å²) in [5.74, 6) is -4.05. The van der Waals surface area contributed by atoms with Gasteiger partial charge in [0.2, 0.25) is 6.29 Å². The van der Waals surface area contributed by atoms with E-state index in [9.17, 15) is 9.59 Å². The molecule has 1 aliphatic rings. The third-order valence-corrected chi connectivity index (χ3v) is 1.71. The van der Waals surface area contributed by atoms with E-state index in [-0.39, 0.29) is 0 Å².